The van der Waals surface area contributed by atoms with Crippen molar-refractivity contribution in [3.8, 4) is 0 Å². The van der Waals surface area contributed by atoms with Crippen molar-refractivity contribution in [1.29, 1.82) is 0 Å². The van der Waals surface area contributed by atoms with E-state index in [9.17, 15) is 19.1 Å². The number of fused-ring (bicyclic) bond motifs is 4. The van der Waals surface area contributed by atoms with Crippen molar-refractivity contribution >= 4 is 28.8 Å². The van der Waals surface area contributed by atoms with Gasteiger partial charge in [0.2, 0.25) is 5.78 Å². The monoisotopic (exact) mass is 398 g/mol. The van der Waals surface area contributed by atoms with Crippen molar-refractivity contribution < 1.29 is 23.5 Å². The van der Waals surface area contributed by atoms with Crippen LogP contribution in [0.1, 0.15) is 41.7 Å². The van der Waals surface area contributed by atoms with Gasteiger partial charge in [0.25, 0.3) is 6.01 Å². The zero-order valence-corrected chi connectivity index (χ0v) is 15.4. The van der Waals surface area contributed by atoms with Gasteiger partial charge in [-0.25, -0.2) is 9.37 Å². The van der Waals surface area contributed by atoms with Gasteiger partial charge in [-0.15, -0.1) is 0 Å². The number of H-pyrrole nitrogens is 1. The average molecular weight is 398 g/mol. The number of hydrogen-bond donors (Lipinski definition) is 3. The van der Waals surface area contributed by atoms with Crippen LogP contribution in [-0.2, 0) is 4.79 Å². The molecule has 3 saturated carbocycles. The van der Waals surface area contributed by atoms with E-state index in [4.69, 9.17) is 4.42 Å². The second-order valence-corrected chi connectivity index (χ2v) is 7.83. The fraction of sp³-hybridized carbons (Fsp3) is 0.400. The Morgan fingerprint density at radius 2 is 2.00 bits per heavy atom. The van der Waals surface area contributed by atoms with Gasteiger partial charge in [-0.3, -0.25) is 9.59 Å². The lowest BCUT2D eigenvalue weighted by Gasteiger charge is -2.46. The summed E-state index contributed by atoms with van der Waals surface area (Å²) in [6, 6.07) is 1.09. The number of oxazole rings is 1. The van der Waals surface area contributed by atoms with Gasteiger partial charge in [-0.1, -0.05) is 0 Å². The van der Waals surface area contributed by atoms with Crippen LogP contribution in [0.25, 0.3) is 11.0 Å². The molecule has 6 rings (SSSR count). The molecule has 9 heteroatoms. The summed E-state index contributed by atoms with van der Waals surface area (Å²) in [4.78, 5) is 35.6. The maximum atomic E-state index is 13.5. The number of nitrogens with one attached hydrogen (secondary N) is 2. The third kappa shape index (κ3) is 2.97. The Morgan fingerprint density at radius 3 is 2.76 bits per heavy atom. The highest BCUT2D eigenvalue weighted by molar-refractivity contribution is 6.14. The maximum Gasteiger partial charge on any atom is 0.308 e. The van der Waals surface area contributed by atoms with Gasteiger partial charge in [0, 0.05) is 17.6 Å². The summed E-state index contributed by atoms with van der Waals surface area (Å²) in [5.41, 5.74) is 0.705. The van der Waals surface area contributed by atoms with Gasteiger partial charge in [-0.2, -0.15) is 4.98 Å². The smallest absolute Gasteiger partial charge is 0.308 e. The first-order chi connectivity index (χ1) is 14.0. The Kier molecular flexibility index (Phi) is 4.11. The third-order valence-corrected chi connectivity index (χ3v) is 6.27. The number of aromatic amines is 1. The van der Waals surface area contributed by atoms with Crippen molar-refractivity contribution in [2.45, 2.75) is 31.7 Å². The van der Waals surface area contributed by atoms with E-state index >= 15 is 0 Å². The molecular formula is C20H19FN4O4. The number of hydrogen-bond acceptors (Lipinski definition) is 6. The molecule has 0 radical (unpaired) electrons. The molecule has 8 nitrogen and oxygen atoms in total. The van der Waals surface area contributed by atoms with Gasteiger partial charge in [-0.05, 0) is 43.6 Å². The third-order valence-electron chi connectivity index (χ3n) is 6.27. The van der Waals surface area contributed by atoms with Gasteiger partial charge in [0.15, 0.2) is 5.69 Å². The number of ketones is 1. The van der Waals surface area contributed by atoms with Crippen LogP contribution in [0.15, 0.2) is 29.1 Å². The van der Waals surface area contributed by atoms with E-state index in [-0.39, 0.29) is 35.1 Å². The van der Waals surface area contributed by atoms with E-state index < -0.39 is 23.5 Å². The molecule has 2 bridgehead atoms. The van der Waals surface area contributed by atoms with Crippen LogP contribution in [0.3, 0.4) is 0 Å². The highest BCUT2D eigenvalue weighted by atomic mass is 19.1. The molecule has 0 unspecified atom stereocenters. The molecule has 150 valence electrons. The number of carboxylic acid groups (broad SMARTS) is 1. The zero-order valence-electron chi connectivity index (χ0n) is 15.4. The first-order valence-corrected chi connectivity index (χ1v) is 9.63. The van der Waals surface area contributed by atoms with E-state index in [1.807, 2.05) is 0 Å². The van der Waals surface area contributed by atoms with Gasteiger partial charge in [0.05, 0.1) is 17.7 Å². The van der Waals surface area contributed by atoms with E-state index in [2.05, 4.69) is 20.3 Å². The number of halogens is 1. The zero-order chi connectivity index (χ0) is 20.1. The highest BCUT2D eigenvalue weighted by Crippen LogP contribution is 2.46. The fourth-order valence-electron chi connectivity index (χ4n) is 4.90. The molecule has 3 aliphatic carbocycles. The molecule has 3 fully saturated rings. The van der Waals surface area contributed by atoms with Crippen LogP contribution in [0.4, 0.5) is 10.4 Å². The Hall–Kier alpha value is -3.23. The van der Waals surface area contributed by atoms with Crippen molar-refractivity contribution in [2.75, 3.05) is 5.32 Å². The van der Waals surface area contributed by atoms with E-state index in [0.717, 1.165) is 31.9 Å². The summed E-state index contributed by atoms with van der Waals surface area (Å²) < 4.78 is 18.9. The predicted molar refractivity (Wildman–Crippen MR) is 100.0 cm³/mol. The lowest BCUT2D eigenvalue weighted by molar-refractivity contribution is -0.148. The lowest BCUT2D eigenvalue weighted by atomic mass is 9.61. The van der Waals surface area contributed by atoms with Gasteiger partial charge >= 0.3 is 5.97 Å². The molecule has 3 aliphatic rings. The standard InChI is InChI=1S/C20H19FN4O4/c21-11-5-12-13(7-23-18(12)22-6-11)17(26)14-8-29-20(24-14)25-16-10-3-1-9(2-4-10)15(16)19(27)28/h5-10,15-16H,1-4H2,(H,22,23)(H,24,25)(H,27,28)/t9?,10?,15-,16-/m0/s1. The summed E-state index contributed by atoms with van der Waals surface area (Å²) in [5, 5.41) is 13.1. The van der Waals surface area contributed by atoms with Crippen LogP contribution in [0, 0.1) is 23.6 Å². The minimum absolute atomic E-state index is 0.0607. The fourth-order valence-corrected chi connectivity index (χ4v) is 4.90. The number of carbonyl (C=O) groups excluding carboxylic acids is 1. The minimum Gasteiger partial charge on any atom is -0.481 e. The van der Waals surface area contributed by atoms with Crippen LogP contribution in [0.5, 0.6) is 0 Å². The summed E-state index contributed by atoms with van der Waals surface area (Å²) in [6.45, 7) is 0. The van der Waals surface area contributed by atoms with E-state index in [1.54, 1.807) is 0 Å². The molecule has 29 heavy (non-hydrogen) atoms. The number of rotatable bonds is 5. The maximum absolute atomic E-state index is 13.5. The average Bonchev–Trinajstić information content (AvgIpc) is 3.35. The first-order valence-electron chi connectivity index (χ1n) is 9.63. The highest BCUT2D eigenvalue weighted by Gasteiger charge is 2.47. The van der Waals surface area contributed by atoms with Crippen molar-refractivity contribution in [3.63, 3.8) is 0 Å². The van der Waals surface area contributed by atoms with Crippen molar-refractivity contribution in [1.82, 2.24) is 15.0 Å². The van der Waals surface area contributed by atoms with Crippen LogP contribution < -0.4 is 5.32 Å². The van der Waals surface area contributed by atoms with E-state index in [1.165, 1.54) is 18.5 Å². The van der Waals surface area contributed by atoms with Gasteiger partial charge in [0.1, 0.15) is 17.7 Å². The van der Waals surface area contributed by atoms with Gasteiger partial charge < -0.3 is 19.8 Å². The number of aromatic nitrogens is 3. The Bertz CT molecular complexity index is 1100. The van der Waals surface area contributed by atoms with Crippen LogP contribution in [-0.4, -0.2) is 37.9 Å². The molecule has 3 aromatic rings. The molecule has 3 N–H and O–H groups in total. The molecule has 0 aromatic carbocycles. The predicted octanol–water partition coefficient (Wildman–Crippen LogP) is 3.22. The van der Waals surface area contributed by atoms with Crippen LogP contribution in [0.2, 0.25) is 0 Å². The summed E-state index contributed by atoms with van der Waals surface area (Å²) in [5.74, 6) is -1.88. The molecule has 3 aromatic heterocycles. The summed E-state index contributed by atoms with van der Waals surface area (Å²) >= 11 is 0. The van der Waals surface area contributed by atoms with E-state index in [0.29, 0.717) is 11.0 Å². The summed E-state index contributed by atoms with van der Waals surface area (Å²) in [6.07, 6.45) is 7.58. The Morgan fingerprint density at radius 1 is 1.24 bits per heavy atom. The molecule has 0 amide bonds. The number of nitrogens with zero attached hydrogens (tertiary/aromatic N) is 2. The Balaban J connectivity index is 1.40. The minimum atomic E-state index is -0.812. The topological polar surface area (TPSA) is 121 Å². The molecule has 3 heterocycles. The van der Waals surface area contributed by atoms with Crippen molar-refractivity contribution in [3.05, 3.63) is 41.8 Å². The quantitative estimate of drug-likeness (QED) is 0.564. The Labute approximate surface area is 164 Å². The second-order valence-electron chi connectivity index (χ2n) is 7.83. The molecule has 0 saturated heterocycles. The molecule has 2 atom stereocenters. The molecule has 0 spiro atoms. The van der Waals surface area contributed by atoms with Crippen molar-refractivity contribution in [2.24, 2.45) is 17.8 Å². The number of aliphatic carboxylic acids is 1. The molecular weight excluding hydrogens is 379 g/mol. The summed E-state index contributed by atoms with van der Waals surface area (Å²) in [7, 11) is 0. The molecule has 0 aliphatic heterocycles. The first kappa shape index (κ1) is 17.8. The normalized spacial score (nSPS) is 26.0. The number of carbonyl (C=O) groups is 2. The number of carboxylic acids is 1. The number of anilines is 1. The lowest BCUT2D eigenvalue weighted by Crippen LogP contribution is -2.51. The SMILES string of the molecule is O=C(c1coc(N[C@H]2C3CCC(CC3)[C@@H]2C(=O)O)n1)c1c[nH]c2ncc(F)cc12. The second kappa shape index (κ2) is 6.68. The number of pyridine rings is 1. The largest absolute Gasteiger partial charge is 0.481 e. The van der Waals surface area contributed by atoms with Crippen LogP contribution >= 0.6 is 0 Å².